The Morgan fingerprint density at radius 1 is 1.32 bits per heavy atom. The van der Waals surface area contributed by atoms with E-state index in [1.807, 2.05) is 18.5 Å². The molecule has 1 aromatic heterocycles. The van der Waals surface area contributed by atoms with Crippen molar-refractivity contribution in [2.24, 2.45) is 7.05 Å². The third-order valence-electron chi connectivity index (χ3n) is 2.89. The van der Waals surface area contributed by atoms with E-state index in [-0.39, 0.29) is 11.6 Å². The number of benzene rings is 1. The molecule has 1 heterocycles. The minimum Gasteiger partial charge on any atom is -0.309 e. The van der Waals surface area contributed by atoms with Crippen LogP contribution in [0.2, 0.25) is 0 Å². The standard InChI is InChI=1S/C13H14FN3OS/c1-7-5-12(10(8(2)18)6-11(7)14)19-13-16-15-9(3)17(13)4/h5-6H,1-4H3. The number of rotatable bonds is 3. The molecule has 0 amide bonds. The van der Waals surface area contributed by atoms with Crippen LogP contribution in [-0.2, 0) is 7.05 Å². The fraction of sp³-hybridized carbons (Fsp3) is 0.308. The fourth-order valence-corrected chi connectivity index (χ4v) is 2.69. The molecule has 0 aliphatic carbocycles. The summed E-state index contributed by atoms with van der Waals surface area (Å²) >= 11 is 1.31. The first-order valence-corrected chi connectivity index (χ1v) is 6.56. The van der Waals surface area contributed by atoms with Gasteiger partial charge in [-0.05, 0) is 50.2 Å². The smallest absolute Gasteiger partial charge is 0.195 e. The number of hydrogen-bond acceptors (Lipinski definition) is 4. The monoisotopic (exact) mass is 279 g/mol. The highest BCUT2D eigenvalue weighted by Gasteiger charge is 2.15. The summed E-state index contributed by atoms with van der Waals surface area (Å²) < 4.78 is 15.4. The van der Waals surface area contributed by atoms with E-state index in [9.17, 15) is 9.18 Å². The Kier molecular flexibility index (Phi) is 3.71. The van der Waals surface area contributed by atoms with Crippen molar-refractivity contribution in [3.63, 3.8) is 0 Å². The Labute approximate surface area is 115 Å². The Morgan fingerprint density at radius 2 is 2.00 bits per heavy atom. The molecule has 0 N–H and O–H groups in total. The summed E-state index contributed by atoms with van der Waals surface area (Å²) in [5.74, 6) is 0.245. The first-order valence-electron chi connectivity index (χ1n) is 5.75. The lowest BCUT2D eigenvalue weighted by molar-refractivity contribution is 0.101. The van der Waals surface area contributed by atoms with E-state index in [0.717, 1.165) is 5.82 Å². The van der Waals surface area contributed by atoms with Crippen molar-refractivity contribution in [3.8, 4) is 0 Å². The van der Waals surface area contributed by atoms with Gasteiger partial charge in [0.1, 0.15) is 11.6 Å². The Balaban J connectivity index is 2.47. The van der Waals surface area contributed by atoms with Crippen LogP contribution in [0.4, 0.5) is 4.39 Å². The van der Waals surface area contributed by atoms with Crippen LogP contribution in [0.25, 0.3) is 0 Å². The molecule has 1 aromatic carbocycles. The molecule has 0 atom stereocenters. The molecule has 0 saturated carbocycles. The van der Waals surface area contributed by atoms with Crippen LogP contribution < -0.4 is 0 Å². The third-order valence-corrected chi connectivity index (χ3v) is 3.99. The molecule has 0 saturated heterocycles. The minimum atomic E-state index is -0.372. The molecule has 2 aromatic rings. The number of halogens is 1. The first kappa shape index (κ1) is 13.7. The highest BCUT2D eigenvalue weighted by molar-refractivity contribution is 7.99. The van der Waals surface area contributed by atoms with Gasteiger partial charge in [0.2, 0.25) is 0 Å². The van der Waals surface area contributed by atoms with Crippen molar-refractivity contribution in [1.82, 2.24) is 14.8 Å². The fourth-order valence-electron chi connectivity index (χ4n) is 1.59. The number of ketones is 1. The van der Waals surface area contributed by atoms with Gasteiger partial charge in [0.15, 0.2) is 10.9 Å². The van der Waals surface area contributed by atoms with Gasteiger partial charge in [-0.15, -0.1) is 10.2 Å². The number of aryl methyl sites for hydroxylation is 2. The molecule has 0 radical (unpaired) electrons. The van der Waals surface area contributed by atoms with E-state index in [0.29, 0.717) is 21.2 Å². The van der Waals surface area contributed by atoms with E-state index in [2.05, 4.69) is 10.2 Å². The van der Waals surface area contributed by atoms with Crippen molar-refractivity contribution < 1.29 is 9.18 Å². The lowest BCUT2D eigenvalue weighted by Gasteiger charge is -2.08. The summed E-state index contributed by atoms with van der Waals surface area (Å²) in [6.07, 6.45) is 0. The molecule has 100 valence electrons. The van der Waals surface area contributed by atoms with Gasteiger partial charge in [0.05, 0.1) is 0 Å². The van der Waals surface area contributed by atoms with Crippen molar-refractivity contribution in [3.05, 3.63) is 34.9 Å². The normalized spacial score (nSPS) is 10.8. The lowest BCUT2D eigenvalue weighted by atomic mass is 10.1. The highest BCUT2D eigenvalue weighted by Crippen LogP contribution is 2.31. The molecule has 0 aliphatic rings. The van der Waals surface area contributed by atoms with Crippen molar-refractivity contribution in [2.45, 2.75) is 30.8 Å². The summed E-state index contributed by atoms with van der Waals surface area (Å²) in [6, 6.07) is 2.95. The van der Waals surface area contributed by atoms with Crippen LogP contribution in [0.1, 0.15) is 28.7 Å². The SMILES string of the molecule is CC(=O)c1cc(F)c(C)cc1Sc1nnc(C)n1C. The van der Waals surface area contributed by atoms with Crippen LogP contribution in [0.15, 0.2) is 22.2 Å². The van der Waals surface area contributed by atoms with Crippen LogP contribution in [0.5, 0.6) is 0 Å². The average molecular weight is 279 g/mol. The Hall–Kier alpha value is -1.69. The molecule has 0 aliphatic heterocycles. The number of carbonyl (C=O) groups is 1. The zero-order chi connectivity index (χ0) is 14.2. The zero-order valence-electron chi connectivity index (χ0n) is 11.2. The van der Waals surface area contributed by atoms with Crippen molar-refractivity contribution >= 4 is 17.5 Å². The van der Waals surface area contributed by atoms with E-state index >= 15 is 0 Å². The molecule has 0 fully saturated rings. The molecule has 0 unspecified atom stereocenters. The van der Waals surface area contributed by atoms with E-state index < -0.39 is 0 Å². The second kappa shape index (κ2) is 5.13. The van der Waals surface area contributed by atoms with E-state index in [1.54, 1.807) is 13.0 Å². The van der Waals surface area contributed by atoms with E-state index in [4.69, 9.17) is 0 Å². The maximum atomic E-state index is 13.5. The molecule has 4 nitrogen and oxygen atoms in total. The zero-order valence-corrected chi connectivity index (χ0v) is 12.0. The summed E-state index contributed by atoms with van der Waals surface area (Å²) in [4.78, 5) is 12.3. The van der Waals surface area contributed by atoms with E-state index in [1.165, 1.54) is 24.8 Å². The second-order valence-corrected chi connectivity index (χ2v) is 5.35. The maximum Gasteiger partial charge on any atom is 0.195 e. The lowest BCUT2D eigenvalue weighted by Crippen LogP contribution is -2.00. The summed E-state index contributed by atoms with van der Waals surface area (Å²) in [5, 5.41) is 8.67. The molecule has 19 heavy (non-hydrogen) atoms. The number of aromatic nitrogens is 3. The van der Waals surface area contributed by atoms with Gasteiger partial charge in [-0.3, -0.25) is 4.79 Å². The number of Topliss-reactive ketones (excluding diaryl/α,β-unsaturated/α-hetero) is 1. The number of hydrogen-bond donors (Lipinski definition) is 0. The molecular weight excluding hydrogens is 265 g/mol. The Bertz CT molecular complexity index is 652. The molecular formula is C13H14FN3OS. The van der Waals surface area contributed by atoms with Crippen LogP contribution in [0, 0.1) is 19.7 Å². The van der Waals surface area contributed by atoms with Gasteiger partial charge in [0.25, 0.3) is 0 Å². The largest absolute Gasteiger partial charge is 0.309 e. The summed E-state index contributed by atoms with van der Waals surface area (Å²) in [6.45, 7) is 4.94. The van der Waals surface area contributed by atoms with Crippen molar-refractivity contribution in [2.75, 3.05) is 0 Å². The van der Waals surface area contributed by atoms with Crippen molar-refractivity contribution in [1.29, 1.82) is 0 Å². The van der Waals surface area contributed by atoms with Gasteiger partial charge in [-0.25, -0.2) is 4.39 Å². The molecule has 0 bridgehead atoms. The third kappa shape index (κ3) is 2.68. The van der Waals surface area contributed by atoms with Crippen LogP contribution in [0.3, 0.4) is 0 Å². The van der Waals surface area contributed by atoms with Gasteiger partial charge in [-0.2, -0.15) is 0 Å². The summed E-state index contributed by atoms with van der Waals surface area (Å²) in [5.41, 5.74) is 0.875. The highest BCUT2D eigenvalue weighted by atomic mass is 32.2. The first-order chi connectivity index (χ1) is 8.90. The second-order valence-electron chi connectivity index (χ2n) is 4.34. The topological polar surface area (TPSA) is 47.8 Å². The quantitative estimate of drug-likeness (QED) is 0.810. The number of nitrogens with zero attached hydrogens (tertiary/aromatic N) is 3. The van der Waals surface area contributed by atoms with Crippen LogP contribution in [-0.4, -0.2) is 20.5 Å². The molecule has 6 heteroatoms. The van der Waals surface area contributed by atoms with Gasteiger partial charge in [-0.1, -0.05) is 0 Å². The van der Waals surface area contributed by atoms with Crippen LogP contribution >= 0.6 is 11.8 Å². The number of carbonyl (C=O) groups excluding carboxylic acids is 1. The maximum absolute atomic E-state index is 13.5. The summed E-state index contributed by atoms with van der Waals surface area (Å²) in [7, 11) is 1.85. The van der Waals surface area contributed by atoms with Gasteiger partial charge >= 0.3 is 0 Å². The Morgan fingerprint density at radius 3 is 2.53 bits per heavy atom. The molecule has 0 spiro atoms. The average Bonchev–Trinajstić information content (AvgIpc) is 2.65. The predicted molar refractivity (Wildman–Crippen MR) is 71.0 cm³/mol. The van der Waals surface area contributed by atoms with Gasteiger partial charge < -0.3 is 4.57 Å². The predicted octanol–water partition coefficient (Wildman–Crippen LogP) is 2.92. The minimum absolute atomic E-state index is 0.166. The van der Waals surface area contributed by atoms with Gasteiger partial charge in [0, 0.05) is 17.5 Å². The molecule has 2 rings (SSSR count).